The zero-order valence-electron chi connectivity index (χ0n) is 19.2. The van der Waals surface area contributed by atoms with E-state index in [0.29, 0.717) is 13.1 Å². The van der Waals surface area contributed by atoms with Crippen LogP contribution in [0.15, 0.2) is 67.0 Å². The highest BCUT2D eigenvalue weighted by atomic mass is 35.5. The Balaban J connectivity index is 1.43. The molecular weight excluding hydrogens is 432 g/mol. The van der Waals surface area contributed by atoms with Crippen molar-refractivity contribution in [3.8, 4) is 0 Å². The van der Waals surface area contributed by atoms with Crippen molar-refractivity contribution in [2.24, 2.45) is 0 Å². The standard InChI is InChI=1S/C27H31ClN4O/c1-19-5-6-20(2)23(12-19)16-30-25-13-26(27(33)31-15-22-4-3-11-29-14-22)32(18-25)17-21-7-9-24(28)10-8-21/h3-12,14,25-26,30H,13,15-18H2,1-2H3,(H,31,33)/t25-,26-/m0/s1. The maximum absolute atomic E-state index is 13.2. The van der Waals surface area contributed by atoms with Gasteiger partial charge >= 0.3 is 0 Å². The zero-order chi connectivity index (χ0) is 23.2. The molecule has 0 bridgehead atoms. The van der Waals surface area contributed by atoms with Crippen LogP contribution in [0.1, 0.15) is 34.2 Å². The fourth-order valence-electron chi connectivity index (χ4n) is 4.38. The largest absolute Gasteiger partial charge is 0.351 e. The van der Waals surface area contributed by atoms with Gasteiger partial charge in [-0.3, -0.25) is 14.7 Å². The second-order valence-corrected chi connectivity index (χ2v) is 9.33. The number of hydrogen-bond donors (Lipinski definition) is 2. The number of likely N-dealkylation sites (tertiary alicyclic amines) is 1. The van der Waals surface area contributed by atoms with Gasteiger partial charge in [-0.1, -0.05) is 53.6 Å². The summed E-state index contributed by atoms with van der Waals surface area (Å²) in [5, 5.41) is 7.53. The molecule has 2 heterocycles. The van der Waals surface area contributed by atoms with Crippen molar-refractivity contribution in [1.29, 1.82) is 0 Å². The van der Waals surface area contributed by atoms with Crippen LogP contribution < -0.4 is 10.6 Å². The molecule has 1 aromatic heterocycles. The third kappa shape index (κ3) is 6.41. The minimum atomic E-state index is -0.187. The first-order valence-corrected chi connectivity index (χ1v) is 11.8. The van der Waals surface area contributed by atoms with Crippen LogP contribution in [0.25, 0.3) is 0 Å². The van der Waals surface area contributed by atoms with Gasteiger partial charge in [0.1, 0.15) is 0 Å². The lowest BCUT2D eigenvalue weighted by atomic mass is 10.0. The molecule has 3 aromatic rings. The number of hydrogen-bond acceptors (Lipinski definition) is 4. The van der Waals surface area contributed by atoms with Crippen molar-refractivity contribution in [2.75, 3.05) is 6.54 Å². The van der Waals surface area contributed by atoms with E-state index in [1.54, 1.807) is 12.4 Å². The topological polar surface area (TPSA) is 57.3 Å². The number of rotatable bonds is 8. The lowest BCUT2D eigenvalue weighted by molar-refractivity contribution is -0.125. The minimum absolute atomic E-state index is 0.0591. The second-order valence-electron chi connectivity index (χ2n) is 8.89. The Bertz CT molecular complexity index is 1070. The summed E-state index contributed by atoms with van der Waals surface area (Å²) in [5.41, 5.74) is 6.01. The van der Waals surface area contributed by atoms with Gasteiger partial charge in [0.2, 0.25) is 5.91 Å². The number of pyridine rings is 1. The highest BCUT2D eigenvalue weighted by Gasteiger charge is 2.36. The third-order valence-electron chi connectivity index (χ3n) is 6.28. The van der Waals surface area contributed by atoms with E-state index >= 15 is 0 Å². The Morgan fingerprint density at radius 3 is 2.67 bits per heavy atom. The molecular formula is C27H31ClN4O. The van der Waals surface area contributed by atoms with Gasteiger partial charge in [-0.25, -0.2) is 0 Å². The first-order valence-electron chi connectivity index (χ1n) is 11.4. The van der Waals surface area contributed by atoms with E-state index in [1.165, 1.54) is 16.7 Å². The second kappa shape index (κ2) is 10.9. The zero-order valence-corrected chi connectivity index (χ0v) is 20.0. The Kier molecular flexibility index (Phi) is 7.76. The molecule has 2 aromatic carbocycles. The van der Waals surface area contributed by atoms with Crippen LogP contribution in [-0.2, 0) is 24.4 Å². The summed E-state index contributed by atoms with van der Waals surface area (Å²) in [6, 6.07) is 18.3. The van der Waals surface area contributed by atoms with Crippen molar-refractivity contribution in [3.05, 3.63) is 99.8 Å². The smallest absolute Gasteiger partial charge is 0.237 e. The van der Waals surface area contributed by atoms with Gasteiger partial charge in [-0.15, -0.1) is 0 Å². The molecule has 172 valence electrons. The van der Waals surface area contributed by atoms with Gasteiger partial charge in [0.25, 0.3) is 0 Å². The van der Waals surface area contributed by atoms with Crippen LogP contribution in [-0.4, -0.2) is 34.4 Å². The van der Waals surface area contributed by atoms with Crippen molar-refractivity contribution in [1.82, 2.24) is 20.5 Å². The van der Waals surface area contributed by atoms with Crippen LogP contribution in [0.4, 0.5) is 0 Å². The number of halogens is 1. The van der Waals surface area contributed by atoms with E-state index in [4.69, 9.17) is 11.6 Å². The van der Waals surface area contributed by atoms with Crippen LogP contribution in [0, 0.1) is 13.8 Å². The molecule has 0 unspecified atom stereocenters. The third-order valence-corrected chi connectivity index (χ3v) is 6.53. The SMILES string of the molecule is Cc1ccc(C)c(CN[C@H]2C[C@@H](C(=O)NCc3cccnc3)N(Cc3ccc(Cl)cc3)C2)c1. The molecule has 2 atom stereocenters. The van der Waals surface area contributed by atoms with Crippen LogP contribution in [0.2, 0.25) is 5.02 Å². The molecule has 5 nitrogen and oxygen atoms in total. The summed E-state index contributed by atoms with van der Waals surface area (Å²) in [5.74, 6) is 0.0591. The van der Waals surface area contributed by atoms with E-state index in [9.17, 15) is 4.79 Å². The van der Waals surface area contributed by atoms with Crippen molar-refractivity contribution >= 4 is 17.5 Å². The monoisotopic (exact) mass is 462 g/mol. The summed E-state index contributed by atoms with van der Waals surface area (Å²) < 4.78 is 0. The highest BCUT2D eigenvalue weighted by molar-refractivity contribution is 6.30. The van der Waals surface area contributed by atoms with Gasteiger partial charge in [-0.05, 0) is 60.7 Å². The van der Waals surface area contributed by atoms with Crippen molar-refractivity contribution < 1.29 is 4.79 Å². The molecule has 1 fully saturated rings. The normalized spacial score (nSPS) is 18.4. The van der Waals surface area contributed by atoms with E-state index in [-0.39, 0.29) is 18.0 Å². The van der Waals surface area contributed by atoms with E-state index in [1.807, 2.05) is 36.4 Å². The number of carbonyl (C=O) groups is 1. The number of aryl methyl sites for hydroxylation is 2. The first kappa shape index (κ1) is 23.4. The summed E-state index contributed by atoms with van der Waals surface area (Å²) in [7, 11) is 0. The van der Waals surface area contributed by atoms with E-state index < -0.39 is 0 Å². The van der Waals surface area contributed by atoms with Gasteiger partial charge in [-0.2, -0.15) is 0 Å². The predicted molar refractivity (Wildman–Crippen MR) is 133 cm³/mol. The number of benzene rings is 2. The van der Waals surface area contributed by atoms with Crippen molar-refractivity contribution in [2.45, 2.75) is 52.0 Å². The number of amides is 1. The fraction of sp³-hybridized carbons (Fsp3) is 0.333. The summed E-state index contributed by atoms with van der Waals surface area (Å²) in [4.78, 5) is 19.6. The lowest BCUT2D eigenvalue weighted by Crippen LogP contribution is -2.42. The molecule has 0 radical (unpaired) electrons. The molecule has 0 aliphatic carbocycles. The van der Waals surface area contributed by atoms with Crippen LogP contribution in [0.5, 0.6) is 0 Å². The Labute approximate surface area is 201 Å². The molecule has 1 amide bonds. The molecule has 2 N–H and O–H groups in total. The number of nitrogens with zero attached hydrogens (tertiary/aromatic N) is 2. The lowest BCUT2D eigenvalue weighted by Gasteiger charge is -2.23. The Morgan fingerprint density at radius 2 is 1.91 bits per heavy atom. The summed E-state index contributed by atoms with van der Waals surface area (Å²) in [6.07, 6.45) is 4.30. The predicted octanol–water partition coefficient (Wildman–Crippen LogP) is 4.40. The molecule has 1 saturated heterocycles. The van der Waals surface area contributed by atoms with Crippen LogP contribution >= 0.6 is 11.6 Å². The van der Waals surface area contributed by atoms with Gasteiger partial charge in [0, 0.05) is 49.6 Å². The molecule has 33 heavy (non-hydrogen) atoms. The summed E-state index contributed by atoms with van der Waals surface area (Å²) >= 11 is 6.06. The van der Waals surface area contributed by atoms with Gasteiger partial charge in [0.05, 0.1) is 6.04 Å². The number of nitrogens with one attached hydrogen (secondary N) is 2. The van der Waals surface area contributed by atoms with Crippen molar-refractivity contribution in [3.63, 3.8) is 0 Å². The molecule has 4 rings (SSSR count). The molecule has 0 saturated carbocycles. The number of aromatic nitrogens is 1. The quantitative estimate of drug-likeness (QED) is 0.521. The molecule has 0 spiro atoms. The molecule has 6 heteroatoms. The highest BCUT2D eigenvalue weighted by Crippen LogP contribution is 2.23. The average Bonchev–Trinajstić information content (AvgIpc) is 3.23. The fourth-order valence-corrected chi connectivity index (χ4v) is 4.50. The van der Waals surface area contributed by atoms with Crippen LogP contribution in [0.3, 0.4) is 0 Å². The summed E-state index contributed by atoms with van der Waals surface area (Å²) in [6.45, 7) is 7.08. The van der Waals surface area contributed by atoms with E-state index in [2.05, 4.69) is 52.6 Å². The van der Waals surface area contributed by atoms with Gasteiger partial charge in [0.15, 0.2) is 0 Å². The average molecular weight is 463 g/mol. The Morgan fingerprint density at radius 1 is 1.09 bits per heavy atom. The molecule has 1 aliphatic rings. The maximum atomic E-state index is 13.2. The molecule has 1 aliphatic heterocycles. The maximum Gasteiger partial charge on any atom is 0.237 e. The number of carbonyl (C=O) groups excluding carboxylic acids is 1. The first-order chi connectivity index (χ1) is 16.0. The minimum Gasteiger partial charge on any atom is -0.351 e. The Hall–Kier alpha value is -2.73. The van der Waals surface area contributed by atoms with Gasteiger partial charge < -0.3 is 10.6 Å². The van der Waals surface area contributed by atoms with E-state index in [0.717, 1.165) is 35.7 Å².